The summed E-state index contributed by atoms with van der Waals surface area (Å²) in [6.07, 6.45) is 19.3. The minimum Gasteiger partial charge on any atom is -1.00 e. The van der Waals surface area contributed by atoms with E-state index in [1.54, 1.807) is 34.5 Å². The fourth-order valence-electron chi connectivity index (χ4n) is 10.4. The van der Waals surface area contributed by atoms with Crippen molar-refractivity contribution in [1.82, 2.24) is 0 Å². The van der Waals surface area contributed by atoms with Gasteiger partial charge in [-0.05, 0) is 60.5 Å². The standard InChI is InChI=1S/2C27H35Si.C2H6Si.2ClH.Zr/c2*1-5-27(16-7-6-8-17-27)20-21-18-23-10-9-11-25(26(23)19-21)22-12-14-24(15-13-22)28(2,3)4;1-3-2;;;/h2*9-15,18-19H,5-8,16-17,20H2,1-4H3;1-2H3;2*1H;/q2*-1;;;;+2/p-2. The molecule has 0 aliphatic heterocycles. The van der Waals surface area contributed by atoms with Gasteiger partial charge in [-0.15, -0.1) is 69.1 Å². The predicted molar refractivity (Wildman–Crippen MR) is 272 cm³/mol. The fourth-order valence-corrected chi connectivity index (χ4v) is 12.7. The van der Waals surface area contributed by atoms with Gasteiger partial charge in [0.05, 0.1) is 16.1 Å². The quantitative estimate of drug-likeness (QED) is 0.0948. The molecule has 0 radical (unpaired) electrons. The van der Waals surface area contributed by atoms with Crippen molar-refractivity contribution in [2.75, 3.05) is 0 Å². The van der Waals surface area contributed by atoms with E-state index < -0.39 is 16.1 Å². The molecule has 2 aliphatic rings. The van der Waals surface area contributed by atoms with Crippen LogP contribution in [0, 0.1) is 10.8 Å². The Kier molecular flexibility index (Phi) is 19.7. The molecule has 0 atom stereocenters. The minimum atomic E-state index is -1.24. The molecule has 0 bridgehead atoms. The Labute approximate surface area is 407 Å². The second-order valence-electron chi connectivity index (χ2n) is 21.2. The van der Waals surface area contributed by atoms with E-state index in [4.69, 9.17) is 0 Å². The van der Waals surface area contributed by atoms with E-state index in [9.17, 15) is 0 Å². The molecule has 6 heteroatoms. The molecule has 6 aromatic rings. The number of hydrogen-bond donors (Lipinski definition) is 0. The van der Waals surface area contributed by atoms with E-state index in [0.717, 1.165) is 0 Å². The summed E-state index contributed by atoms with van der Waals surface area (Å²) in [4.78, 5) is 0. The molecule has 6 aromatic carbocycles. The summed E-state index contributed by atoms with van der Waals surface area (Å²) in [6, 6.07) is 42.3. The Balaban J connectivity index is 0.000000244. The minimum absolute atomic E-state index is 0. The van der Waals surface area contributed by atoms with Crippen molar-refractivity contribution in [3.8, 4) is 22.3 Å². The van der Waals surface area contributed by atoms with E-state index in [0.29, 0.717) is 10.8 Å². The molecule has 2 aliphatic carbocycles. The van der Waals surface area contributed by atoms with Gasteiger partial charge in [0.1, 0.15) is 0 Å². The molecule has 0 nitrogen and oxygen atoms in total. The first kappa shape index (κ1) is 52.8. The van der Waals surface area contributed by atoms with Gasteiger partial charge in [-0.2, -0.15) is 12.1 Å². The summed E-state index contributed by atoms with van der Waals surface area (Å²) in [5.41, 5.74) is 9.88. The third kappa shape index (κ3) is 13.6. The summed E-state index contributed by atoms with van der Waals surface area (Å²) >= 11 is 1.74. The van der Waals surface area contributed by atoms with Crippen LogP contribution in [0.5, 0.6) is 0 Å². The first-order valence-electron chi connectivity index (χ1n) is 23.6. The van der Waals surface area contributed by atoms with Gasteiger partial charge in [-0.25, -0.2) is 0 Å². The van der Waals surface area contributed by atoms with Crippen LogP contribution in [0.1, 0.15) is 102 Å². The number of halogens is 2. The maximum atomic E-state index is 2.49. The fraction of sp³-hybridized carbons (Fsp3) is 0.464. The maximum Gasteiger partial charge on any atom is -1.00 e. The second kappa shape index (κ2) is 23.1. The molecule has 8 rings (SSSR count). The summed E-state index contributed by atoms with van der Waals surface area (Å²) < 4.78 is 0. The van der Waals surface area contributed by atoms with Gasteiger partial charge in [-0.3, -0.25) is 0 Å². The molecule has 0 N–H and O–H groups in total. The summed E-state index contributed by atoms with van der Waals surface area (Å²) in [7, 11) is -2.49. The van der Waals surface area contributed by atoms with Crippen molar-refractivity contribution >= 4 is 53.5 Å². The van der Waals surface area contributed by atoms with Crippen molar-refractivity contribution in [3.05, 3.63) is 120 Å². The van der Waals surface area contributed by atoms with Crippen molar-refractivity contribution in [3.63, 3.8) is 0 Å². The first-order valence-corrected chi connectivity index (χ1v) is 36.8. The van der Waals surface area contributed by atoms with Crippen molar-refractivity contribution in [2.24, 2.45) is 10.8 Å². The number of rotatable bonds is 10. The van der Waals surface area contributed by atoms with Crippen molar-refractivity contribution in [1.29, 1.82) is 0 Å². The van der Waals surface area contributed by atoms with Gasteiger partial charge >= 0.3 is 41.9 Å². The molecule has 2 saturated carbocycles. The molecular weight excluding hydrogens is 919 g/mol. The Morgan fingerprint density at radius 1 is 0.516 bits per heavy atom. The smallest absolute Gasteiger partial charge is 1.00 e. The normalized spacial score (nSPS) is 15.9. The van der Waals surface area contributed by atoms with Gasteiger partial charge < -0.3 is 24.8 Å². The number of benzene rings is 4. The van der Waals surface area contributed by atoms with Crippen LogP contribution in [-0.2, 0) is 36.2 Å². The summed E-state index contributed by atoms with van der Waals surface area (Å²) in [5, 5.41) is 8.75. The van der Waals surface area contributed by atoms with E-state index >= 15 is 0 Å². The zero-order valence-electron chi connectivity index (χ0n) is 40.0. The van der Waals surface area contributed by atoms with Crippen LogP contribution in [0.25, 0.3) is 43.8 Å². The summed E-state index contributed by atoms with van der Waals surface area (Å²) in [6.45, 7) is 23.9. The molecule has 0 spiro atoms. The topological polar surface area (TPSA) is 0 Å². The molecule has 2 fully saturated rings. The van der Waals surface area contributed by atoms with E-state index in [1.165, 1.54) is 144 Å². The van der Waals surface area contributed by atoms with Crippen LogP contribution < -0.4 is 35.2 Å². The molecule has 0 unspecified atom stereocenters. The second-order valence-corrected chi connectivity index (χ2v) is 40.7. The molecule has 62 heavy (non-hydrogen) atoms. The monoisotopic (exact) mass is 992 g/mol. The van der Waals surface area contributed by atoms with Gasteiger partial charge in [0, 0.05) is 0 Å². The number of hydrogen-bond acceptors (Lipinski definition) is 0. The van der Waals surface area contributed by atoms with Gasteiger partial charge in [0.2, 0.25) is 0 Å². The van der Waals surface area contributed by atoms with E-state index in [1.807, 2.05) is 0 Å². The molecule has 0 aromatic heterocycles. The van der Waals surface area contributed by atoms with Crippen LogP contribution in [0.4, 0.5) is 0 Å². The summed E-state index contributed by atoms with van der Waals surface area (Å²) in [5.74, 6) is 0. The average Bonchev–Trinajstić information content (AvgIpc) is 3.84. The van der Waals surface area contributed by atoms with Crippen LogP contribution in [0.3, 0.4) is 0 Å². The molecule has 0 amide bonds. The zero-order chi connectivity index (χ0) is 43.1. The van der Waals surface area contributed by atoms with Gasteiger partial charge in [0.25, 0.3) is 0 Å². The maximum absolute atomic E-state index is 2.49. The predicted octanol–water partition coefficient (Wildman–Crippen LogP) is 10.1. The van der Waals surface area contributed by atoms with Gasteiger partial charge in [-0.1, -0.05) is 187 Å². The third-order valence-corrected chi connectivity index (χ3v) is 18.4. The number of fused-ring (bicyclic) bond motifs is 2. The molecular formula is C56H76Cl2Si3Zr-2. The van der Waals surface area contributed by atoms with Crippen LogP contribution in [-0.4, -0.2) is 21.6 Å². The average molecular weight is 996 g/mol. The van der Waals surface area contributed by atoms with Crippen LogP contribution >= 0.6 is 0 Å². The Morgan fingerprint density at radius 2 is 0.839 bits per heavy atom. The van der Waals surface area contributed by atoms with Gasteiger partial charge in [0.15, 0.2) is 0 Å². The van der Waals surface area contributed by atoms with Crippen LogP contribution in [0.2, 0.25) is 52.4 Å². The Morgan fingerprint density at radius 3 is 1.13 bits per heavy atom. The Hall–Kier alpha value is -1.79. The first-order chi connectivity index (χ1) is 28.5. The molecule has 0 heterocycles. The van der Waals surface area contributed by atoms with Crippen LogP contribution in [0.15, 0.2) is 109 Å². The molecule has 0 saturated heterocycles. The zero-order valence-corrected chi connectivity index (χ0v) is 47.0. The largest absolute Gasteiger partial charge is 1.00 e. The third-order valence-electron chi connectivity index (χ3n) is 14.2. The van der Waals surface area contributed by atoms with E-state index in [-0.39, 0.29) is 30.2 Å². The van der Waals surface area contributed by atoms with E-state index in [2.05, 4.69) is 175 Å². The van der Waals surface area contributed by atoms with Crippen molar-refractivity contribution in [2.45, 2.75) is 156 Å². The Bertz CT molecular complexity index is 2140. The molecule has 332 valence electrons. The SMILES string of the molecule is CCC1(Cc2cc3c(-c4ccc([Si](C)(C)C)cc4)cccc3[cH-]2)CCCCC1.CCC1(Cc2cc3c(-c4ccc([Si](C)(C)C)cc4)cccc3[cH-]2)CCCCC1.C[Si](C)=[Zr+2].[Cl-].[Cl-]. The van der Waals surface area contributed by atoms with Crippen molar-refractivity contribution < 1.29 is 48.1 Å².